The monoisotopic (exact) mass is 256 g/mol. The van der Waals surface area contributed by atoms with Gasteiger partial charge >= 0.3 is 0 Å². The average molecular weight is 257 g/mol. The number of halogens is 2. The number of aldehydes is 1. The van der Waals surface area contributed by atoms with Crippen molar-refractivity contribution in [3.8, 4) is 0 Å². The number of hydrogen-bond donors (Lipinski definition) is 0. The molecule has 1 aromatic carbocycles. The number of alkyl halides is 1. The van der Waals surface area contributed by atoms with Crippen molar-refractivity contribution < 1.29 is 9.18 Å². The van der Waals surface area contributed by atoms with Crippen LogP contribution < -0.4 is 0 Å². The third kappa shape index (κ3) is 1.15. The molecule has 0 amide bonds. The van der Waals surface area contributed by atoms with Crippen LogP contribution in [0.1, 0.15) is 12.5 Å². The van der Waals surface area contributed by atoms with Gasteiger partial charge in [0.05, 0.1) is 5.41 Å². The molecule has 0 aromatic heterocycles. The smallest absolute Gasteiger partial charge is 0.133 e. The molecule has 0 spiro atoms. The Kier molecular flexibility index (Phi) is 2.22. The molecule has 1 aliphatic carbocycles. The molecule has 0 bridgehead atoms. The lowest BCUT2D eigenvalue weighted by molar-refractivity contribution is -0.110. The Hall–Kier alpha value is -0.700. The summed E-state index contributed by atoms with van der Waals surface area (Å²) in [5.41, 5.74) is -0.101. The van der Waals surface area contributed by atoms with Gasteiger partial charge in [-0.3, -0.25) is 0 Å². The van der Waals surface area contributed by atoms with Crippen molar-refractivity contribution in [1.29, 1.82) is 0 Å². The molecule has 1 aromatic rings. The molecule has 0 heterocycles. The summed E-state index contributed by atoms with van der Waals surface area (Å²) in [6.45, 7) is 1.76. The molecule has 0 aliphatic heterocycles. The van der Waals surface area contributed by atoms with Crippen molar-refractivity contribution in [2.75, 3.05) is 0 Å². The van der Waals surface area contributed by atoms with Crippen molar-refractivity contribution >= 4 is 22.2 Å². The molecule has 3 atom stereocenters. The molecule has 0 radical (unpaired) electrons. The van der Waals surface area contributed by atoms with E-state index in [4.69, 9.17) is 0 Å². The Morgan fingerprint density at radius 2 is 1.93 bits per heavy atom. The van der Waals surface area contributed by atoms with Gasteiger partial charge in [0.15, 0.2) is 0 Å². The Labute approximate surface area is 90.4 Å². The minimum atomic E-state index is -1.03. The van der Waals surface area contributed by atoms with Crippen molar-refractivity contribution in [2.24, 2.45) is 5.92 Å². The summed E-state index contributed by atoms with van der Waals surface area (Å²) in [6, 6.07) is 7.26. The summed E-state index contributed by atoms with van der Waals surface area (Å²) in [4.78, 5) is 10.9. The van der Waals surface area contributed by atoms with Gasteiger partial charge in [0.2, 0.25) is 0 Å². The molecule has 2 rings (SSSR count). The van der Waals surface area contributed by atoms with E-state index in [1.54, 1.807) is 19.1 Å². The minimum absolute atomic E-state index is 0.193. The van der Waals surface area contributed by atoms with Crippen molar-refractivity contribution in [2.45, 2.75) is 18.5 Å². The molecular formula is C11H10BrFO. The molecule has 3 heteroatoms. The first-order valence-corrected chi connectivity index (χ1v) is 5.28. The molecule has 1 nitrogen and oxygen atoms in total. The molecule has 14 heavy (non-hydrogen) atoms. The van der Waals surface area contributed by atoms with Crippen molar-refractivity contribution in [1.82, 2.24) is 0 Å². The van der Waals surface area contributed by atoms with E-state index in [0.29, 0.717) is 0 Å². The second kappa shape index (κ2) is 3.16. The van der Waals surface area contributed by atoms with Crippen LogP contribution in [-0.2, 0) is 10.2 Å². The second-order valence-electron chi connectivity index (χ2n) is 3.75. The Morgan fingerprint density at radius 1 is 1.43 bits per heavy atom. The number of benzene rings is 1. The van der Waals surface area contributed by atoms with Gasteiger partial charge in [0.1, 0.15) is 12.5 Å². The zero-order valence-electron chi connectivity index (χ0n) is 7.71. The van der Waals surface area contributed by atoms with Gasteiger partial charge in [-0.2, -0.15) is 0 Å². The predicted molar refractivity (Wildman–Crippen MR) is 55.9 cm³/mol. The van der Waals surface area contributed by atoms with Crippen LogP contribution in [0.25, 0.3) is 0 Å². The predicted octanol–water partition coefficient (Wildman–Crippen LogP) is 2.87. The van der Waals surface area contributed by atoms with Crippen LogP contribution in [0.2, 0.25) is 0 Å². The lowest BCUT2D eigenvalue weighted by Crippen LogP contribution is -2.13. The van der Waals surface area contributed by atoms with E-state index in [9.17, 15) is 9.18 Å². The fraction of sp³-hybridized carbons (Fsp3) is 0.364. The summed E-state index contributed by atoms with van der Waals surface area (Å²) in [5.74, 6) is -0.193. The van der Waals surface area contributed by atoms with Crippen LogP contribution in [0.5, 0.6) is 0 Å². The molecule has 1 fully saturated rings. The third-order valence-electron chi connectivity index (χ3n) is 3.08. The molecule has 1 saturated carbocycles. The maximum absolute atomic E-state index is 13.4. The lowest BCUT2D eigenvalue weighted by Gasteiger charge is -2.08. The summed E-state index contributed by atoms with van der Waals surface area (Å²) in [6.07, 6.45) is -0.285. The maximum Gasteiger partial charge on any atom is 0.133 e. The summed E-state index contributed by atoms with van der Waals surface area (Å²) in [5, 5.41) is 0. The zero-order chi connectivity index (χ0) is 10.3. The van der Waals surface area contributed by atoms with E-state index in [0.717, 1.165) is 16.3 Å². The third-order valence-corrected chi connectivity index (χ3v) is 3.61. The highest BCUT2D eigenvalue weighted by molar-refractivity contribution is 9.10. The standard InChI is InChI=1S/C11H10BrFO/c1-7-10(13)11(7,6-14)8-2-4-9(12)5-3-8/h2-7,10H,1H3. The fourth-order valence-corrected chi connectivity index (χ4v) is 2.20. The summed E-state index contributed by atoms with van der Waals surface area (Å²) >= 11 is 3.30. The molecule has 3 unspecified atom stereocenters. The number of rotatable bonds is 2. The maximum atomic E-state index is 13.4. The van der Waals surface area contributed by atoms with Crippen LogP contribution in [-0.4, -0.2) is 12.5 Å². The highest BCUT2D eigenvalue weighted by Crippen LogP contribution is 2.54. The van der Waals surface area contributed by atoms with Crippen LogP contribution in [0.4, 0.5) is 4.39 Å². The van der Waals surface area contributed by atoms with Crippen molar-refractivity contribution in [3.05, 3.63) is 34.3 Å². The molecule has 1 aliphatic rings. The minimum Gasteiger partial charge on any atom is -0.302 e. The average Bonchev–Trinajstić information content (AvgIpc) is 2.72. The van der Waals surface area contributed by atoms with E-state index in [1.165, 1.54) is 0 Å². The van der Waals surface area contributed by atoms with Gasteiger partial charge in [-0.25, -0.2) is 4.39 Å². The van der Waals surface area contributed by atoms with Crippen LogP contribution >= 0.6 is 15.9 Å². The molecule has 0 N–H and O–H groups in total. The van der Waals surface area contributed by atoms with Crippen LogP contribution in [0.3, 0.4) is 0 Å². The topological polar surface area (TPSA) is 17.1 Å². The Bertz CT molecular complexity index is 352. The van der Waals surface area contributed by atoms with Gasteiger partial charge < -0.3 is 4.79 Å². The summed E-state index contributed by atoms with van der Waals surface area (Å²) < 4.78 is 14.3. The SMILES string of the molecule is CC1C(F)C1(C=O)c1ccc(Br)cc1. The highest BCUT2D eigenvalue weighted by atomic mass is 79.9. The summed E-state index contributed by atoms with van der Waals surface area (Å²) in [7, 11) is 0. The number of carbonyl (C=O) groups is 1. The lowest BCUT2D eigenvalue weighted by atomic mass is 9.95. The van der Waals surface area contributed by atoms with E-state index in [-0.39, 0.29) is 5.92 Å². The first kappa shape index (κ1) is 9.84. The van der Waals surface area contributed by atoms with Crippen LogP contribution in [0.15, 0.2) is 28.7 Å². The quantitative estimate of drug-likeness (QED) is 0.744. The molecular weight excluding hydrogens is 247 g/mol. The van der Waals surface area contributed by atoms with E-state index in [1.807, 2.05) is 12.1 Å². The highest BCUT2D eigenvalue weighted by Gasteiger charge is 2.64. The van der Waals surface area contributed by atoms with E-state index >= 15 is 0 Å². The number of hydrogen-bond acceptors (Lipinski definition) is 1. The van der Waals surface area contributed by atoms with Gasteiger partial charge in [-0.15, -0.1) is 0 Å². The van der Waals surface area contributed by atoms with Gasteiger partial charge in [-0.1, -0.05) is 35.0 Å². The fourth-order valence-electron chi connectivity index (χ4n) is 1.93. The molecule has 0 saturated heterocycles. The zero-order valence-corrected chi connectivity index (χ0v) is 9.29. The Morgan fingerprint density at radius 3 is 2.29 bits per heavy atom. The number of carbonyl (C=O) groups excluding carboxylic acids is 1. The Balaban J connectivity index is 2.40. The second-order valence-corrected chi connectivity index (χ2v) is 4.66. The van der Waals surface area contributed by atoms with Gasteiger partial charge in [0, 0.05) is 10.4 Å². The first-order chi connectivity index (χ1) is 6.63. The van der Waals surface area contributed by atoms with Crippen LogP contribution in [0, 0.1) is 5.92 Å². The first-order valence-electron chi connectivity index (χ1n) is 4.49. The molecule has 74 valence electrons. The van der Waals surface area contributed by atoms with Gasteiger partial charge in [-0.05, 0) is 17.7 Å². The van der Waals surface area contributed by atoms with E-state index < -0.39 is 11.6 Å². The van der Waals surface area contributed by atoms with Gasteiger partial charge in [0.25, 0.3) is 0 Å². The normalized spacial score (nSPS) is 35.4. The largest absolute Gasteiger partial charge is 0.302 e. The van der Waals surface area contributed by atoms with E-state index in [2.05, 4.69) is 15.9 Å². The van der Waals surface area contributed by atoms with Crippen molar-refractivity contribution in [3.63, 3.8) is 0 Å².